The van der Waals surface area contributed by atoms with Crippen LogP contribution in [0.1, 0.15) is 72.1 Å². The molecule has 184 valence electrons. The lowest BCUT2D eigenvalue weighted by atomic mass is 9.46. The molecule has 8 unspecified atom stereocenters. The second-order valence-corrected chi connectivity index (χ2v) is 23.1. The number of hydrogen-bond acceptors (Lipinski definition) is 3. The van der Waals surface area contributed by atoms with Crippen molar-refractivity contribution in [1.29, 1.82) is 0 Å². The maximum absolute atomic E-state index is 12.1. The summed E-state index contributed by atoms with van der Waals surface area (Å²) in [5.74, 6) is 2.10. The number of rotatable bonds is 5. The first-order chi connectivity index (χ1) is 14.6. The van der Waals surface area contributed by atoms with Gasteiger partial charge in [-0.25, -0.2) is 0 Å². The van der Waals surface area contributed by atoms with Crippen molar-refractivity contribution in [2.45, 2.75) is 129 Å². The highest BCUT2D eigenvalue weighted by atomic mass is 28.4. The molecule has 0 aromatic heterocycles. The summed E-state index contributed by atoms with van der Waals surface area (Å²) in [5, 5.41) is 12.1. The fourth-order valence-corrected chi connectivity index (χ4v) is 11.0. The highest BCUT2D eigenvalue weighted by Crippen LogP contribution is 2.68. The third kappa shape index (κ3) is 4.16. The van der Waals surface area contributed by atoms with Crippen molar-refractivity contribution in [2.24, 2.45) is 28.6 Å². The molecule has 3 nitrogen and oxygen atoms in total. The third-order valence-corrected chi connectivity index (χ3v) is 12.1. The normalized spacial score (nSPS) is 45.5. The van der Waals surface area contributed by atoms with E-state index in [2.05, 4.69) is 66.1 Å². The van der Waals surface area contributed by atoms with E-state index in [0.29, 0.717) is 23.4 Å². The zero-order chi connectivity index (χ0) is 23.7. The molecule has 0 spiro atoms. The SMILES string of the molecule is CC(O[Si](C)(C)C)C1(O)CCC2C3CC=C4CC(O[Si](C)(C)C)CCC4(C)C3CCC21C. The largest absolute Gasteiger partial charge is 0.414 e. The van der Waals surface area contributed by atoms with Crippen molar-refractivity contribution in [3.8, 4) is 0 Å². The minimum absolute atomic E-state index is 0.0207. The Bertz CT molecular complexity index is 753. The fraction of sp³-hybridized carbons (Fsp3) is 0.926. The fourth-order valence-electron chi connectivity index (χ4n) is 8.57. The van der Waals surface area contributed by atoms with Gasteiger partial charge < -0.3 is 14.0 Å². The lowest BCUT2D eigenvalue weighted by Crippen LogP contribution is -2.59. The quantitative estimate of drug-likeness (QED) is 0.337. The Kier molecular flexibility index (Phi) is 6.32. The Morgan fingerprint density at radius 1 is 0.938 bits per heavy atom. The maximum atomic E-state index is 12.1. The molecule has 0 aliphatic heterocycles. The molecule has 4 aliphatic rings. The Balaban J connectivity index is 1.56. The molecular formula is C27H50O3Si2. The number of fused-ring (bicyclic) bond motifs is 5. The van der Waals surface area contributed by atoms with Crippen LogP contribution in [0.15, 0.2) is 11.6 Å². The van der Waals surface area contributed by atoms with E-state index in [9.17, 15) is 5.11 Å². The van der Waals surface area contributed by atoms with E-state index in [1.54, 1.807) is 5.57 Å². The van der Waals surface area contributed by atoms with E-state index in [1.165, 1.54) is 25.7 Å². The molecular weight excluding hydrogens is 428 g/mol. The summed E-state index contributed by atoms with van der Waals surface area (Å²) in [6, 6.07) is 0. The molecule has 0 heterocycles. The highest BCUT2D eigenvalue weighted by molar-refractivity contribution is 6.70. The van der Waals surface area contributed by atoms with Gasteiger partial charge in [-0.1, -0.05) is 25.5 Å². The highest BCUT2D eigenvalue weighted by Gasteiger charge is 2.65. The first-order valence-corrected chi connectivity index (χ1v) is 20.2. The van der Waals surface area contributed by atoms with Gasteiger partial charge in [-0.3, -0.25) is 0 Å². The molecule has 1 N–H and O–H groups in total. The third-order valence-electron chi connectivity index (χ3n) is 10.00. The number of aliphatic hydroxyl groups is 1. The van der Waals surface area contributed by atoms with Crippen LogP contribution in [-0.2, 0) is 8.85 Å². The zero-order valence-electron chi connectivity index (χ0n) is 22.4. The standard InChI is InChI=1S/C27H50O3Si2/c1-19(29-31(4,5)6)27(28)17-14-24-22-11-10-20-18-21(30-32(7,8)9)12-15-25(20,2)23(22)13-16-26(24,27)3/h10,19,21-24,28H,11-18H2,1-9H3. The van der Waals surface area contributed by atoms with Crippen LogP contribution in [0.25, 0.3) is 0 Å². The van der Waals surface area contributed by atoms with Gasteiger partial charge in [-0.15, -0.1) is 0 Å². The molecule has 0 saturated heterocycles. The zero-order valence-corrected chi connectivity index (χ0v) is 24.4. The van der Waals surface area contributed by atoms with Crippen molar-refractivity contribution in [2.75, 3.05) is 0 Å². The van der Waals surface area contributed by atoms with E-state index in [4.69, 9.17) is 8.85 Å². The molecule has 5 heteroatoms. The van der Waals surface area contributed by atoms with Gasteiger partial charge >= 0.3 is 0 Å². The molecule has 0 amide bonds. The van der Waals surface area contributed by atoms with Crippen molar-refractivity contribution >= 4 is 16.6 Å². The lowest BCUT2D eigenvalue weighted by Gasteiger charge is -2.60. The summed E-state index contributed by atoms with van der Waals surface area (Å²) >= 11 is 0. The van der Waals surface area contributed by atoms with Gasteiger partial charge in [-0.05, 0) is 121 Å². The minimum Gasteiger partial charge on any atom is -0.414 e. The van der Waals surface area contributed by atoms with Crippen LogP contribution < -0.4 is 0 Å². The molecule has 32 heavy (non-hydrogen) atoms. The van der Waals surface area contributed by atoms with Crippen LogP contribution in [0, 0.1) is 28.6 Å². The maximum Gasteiger partial charge on any atom is 0.184 e. The van der Waals surface area contributed by atoms with E-state index in [-0.39, 0.29) is 11.5 Å². The molecule has 8 atom stereocenters. The summed E-state index contributed by atoms with van der Waals surface area (Å²) in [5.41, 5.74) is 1.33. The average molecular weight is 479 g/mol. The van der Waals surface area contributed by atoms with Crippen molar-refractivity contribution in [3.63, 3.8) is 0 Å². The van der Waals surface area contributed by atoms with E-state index in [1.807, 2.05) is 0 Å². The molecule has 0 radical (unpaired) electrons. The van der Waals surface area contributed by atoms with Crippen molar-refractivity contribution < 1.29 is 14.0 Å². The first kappa shape index (κ1) is 25.2. The Hall–Kier alpha value is 0.0538. The second kappa shape index (κ2) is 8.04. The topological polar surface area (TPSA) is 38.7 Å². The molecule has 3 fully saturated rings. The summed E-state index contributed by atoms with van der Waals surface area (Å²) < 4.78 is 13.0. The molecule has 0 aromatic carbocycles. The van der Waals surface area contributed by atoms with Gasteiger partial charge in [0.15, 0.2) is 16.6 Å². The van der Waals surface area contributed by atoms with Gasteiger partial charge in [0.1, 0.15) is 0 Å². The van der Waals surface area contributed by atoms with Gasteiger partial charge in [0.05, 0.1) is 11.7 Å². The summed E-state index contributed by atoms with van der Waals surface area (Å²) in [7, 11) is -3.19. The Labute approximate surface area is 200 Å². The average Bonchev–Trinajstić information content (AvgIpc) is 2.92. The molecule has 0 aromatic rings. The van der Waals surface area contributed by atoms with Crippen LogP contribution in [-0.4, -0.2) is 39.6 Å². The van der Waals surface area contributed by atoms with Gasteiger partial charge in [0.25, 0.3) is 0 Å². The van der Waals surface area contributed by atoms with Gasteiger partial charge in [-0.2, -0.15) is 0 Å². The van der Waals surface area contributed by atoms with Gasteiger partial charge in [0.2, 0.25) is 0 Å². The van der Waals surface area contributed by atoms with E-state index >= 15 is 0 Å². The summed E-state index contributed by atoms with van der Waals surface area (Å²) in [6.07, 6.45) is 12.3. The van der Waals surface area contributed by atoms with E-state index < -0.39 is 22.2 Å². The minimum atomic E-state index is -1.70. The lowest BCUT2D eigenvalue weighted by molar-refractivity contribution is -0.165. The molecule has 0 bridgehead atoms. The predicted octanol–water partition coefficient (Wildman–Crippen LogP) is 7.14. The summed E-state index contributed by atoms with van der Waals surface area (Å²) in [4.78, 5) is 0. The summed E-state index contributed by atoms with van der Waals surface area (Å²) in [6.45, 7) is 20.8. The smallest absolute Gasteiger partial charge is 0.184 e. The van der Waals surface area contributed by atoms with Crippen LogP contribution in [0.3, 0.4) is 0 Å². The second-order valence-electron chi connectivity index (χ2n) is 14.1. The monoisotopic (exact) mass is 478 g/mol. The van der Waals surface area contributed by atoms with Crippen LogP contribution >= 0.6 is 0 Å². The van der Waals surface area contributed by atoms with E-state index in [0.717, 1.165) is 31.6 Å². The molecule has 3 saturated carbocycles. The molecule has 4 aliphatic carbocycles. The first-order valence-electron chi connectivity index (χ1n) is 13.4. The molecule has 4 rings (SSSR count). The number of allylic oxidation sites excluding steroid dienone is 1. The van der Waals surface area contributed by atoms with Crippen molar-refractivity contribution in [1.82, 2.24) is 0 Å². The Morgan fingerprint density at radius 2 is 1.59 bits per heavy atom. The van der Waals surface area contributed by atoms with Crippen LogP contribution in [0.4, 0.5) is 0 Å². The predicted molar refractivity (Wildman–Crippen MR) is 139 cm³/mol. The van der Waals surface area contributed by atoms with Crippen LogP contribution in [0.5, 0.6) is 0 Å². The van der Waals surface area contributed by atoms with Gasteiger partial charge in [0, 0.05) is 11.5 Å². The van der Waals surface area contributed by atoms with Crippen LogP contribution in [0.2, 0.25) is 39.3 Å². The number of hydrogen-bond donors (Lipinski definition) is 1. The van der Waals surface area contributed by atoms with Crippen molar-refractivity contribution in [3.05, 3.63) is 11.6 Å². The Morgan fingerprint density at radius 3 is 2.22 bits per heavy atom.